The number of ether oxygens (including phenoxy) is 1. The Balaban J connectivity index is 2.56. The Bertz CT molecular complexity index is 494. The van der Waals surface area contributed by atoms with E-state index >= 15 is 0 Å². The molecule has 0 fully saturated rings. The second kappa shape index (κ2) is 6.86. The molecule has 1 aromatic carbocycles. The summed E-state index contributed by atoms with van der Waals surface area (Å²) in [5.74, 6) is -0.313. The molecule has 0 spiro atoms. The number of benzene rings is 1. The molecule has 0 aliphatic heterocycles. The molecule has 0 radical (unpaired) electrons. The largest absolute Gasteiger partial charge is 0.399 e. The van der Waals surface area contributed by atoms with Crippen LogP contribution in [0.25, 0.3) is 0 Å². The average molecular weight is 289 g/mol. The van der Waals surface area contributed by atoms with Crippen LogP contribution in [0.1, 0.15) is 20.3 Å². The molecule has 0 heterocycles. The SMILES string of the molecule is CC(C)CCOCCS(=O)(=O)c1cc(N)cc(F)c1. The van der Waals surface area contributed by atoms with Gasteiger partial charge in [0.15, 0.2) is 9.84 Å². The molecule has 6 heteroatoms. The molecule has 0 amide bonds. The molecule has 1 rings (SSSR count). The standard InChI is InChI=1S/C13H20FNO3S/c1-10(2)3-4-18-5-6-19(16,17)13-8-11(14)7-12(15)9-13/h7-10H,3-6,15H2,1-2H3. The van der Waals surface area contributed by atoms with Crippen LogP contribution in [-0.2, 0) is 14.6 Å². The number of hydrogen-bond acceptors (Lipinski definition) is 4. The molecule has 0 aromatic heterocycles. The van der Waals surface area contributed by atoms with Gasteiger partial charge in [0.05, 0.1) is 17.3 Å². The van der Waals surface area contributed by atoms with Crippen LogP contribution in [0.2, 0.25) is 0 Å². The van der Waals surface area contributed by atoms with Crippen LogP contribution in [0, 0.1) is 11.7 Å². The summed E-state index contributed by atoms with van der Waals surface area (Å²) in [6.45, 7) is 4.76. The quantitative estimate of drug-likeness (QED) is 0.617. The number of hydrogen-bond donors (Lipinski definition) is 1. The van der Waals surface area contributed by atoms with E-state index < -0.39 is 15.7 Å². The maximum atomic E-state index is 13.1. The van der Waals surface area contributed by atoms with Crippen molar-refractivity contribution in [3.05, 3.63) is 24.0 Å². The summed E-state index contributed by atoms with van der Waals surface area (Å²) >= 11 is 0. The van der Waals surface area contributed by atoms with Crippen LogP contribution in [0.3, 0.4) is 0 Å². The lowest BCUT2D eigenvalue weighted by molar-refractivity contribution is 0.137. The molecule has 0 saturated heterocycles. The summed E-state index contributed by atoms with van der Waals surface area (Å²) in [5.41, 5.74) is 5.53. The van der Waals surface area contributed by atoms with Gasteiger partial charge in [0.1, 0.15) is 5.82 Å². The Morgan fingerprint density at radius 1 is 1.26 bits per heavy atom. The summed E-state index contributed by atoms with van der Waals surface area (Å²) in [6.07, 6.45) is 0.882. The maximum Gasteiger partial charge on any atom is 0.180 e. The first-order chi connectivity index (χ1) is 8.81. The zero-order chi connectivity index (χ0) is 14.5. The van der Waals surface area contributed by atoms with E-state index in [0.29, 0.717) is 12.5 Å². The van der Waals surface area contributed by atoms with Gasteiger partial charge in [-0.3, -0.25) is 0 Å². The van der Waals surface area contributed by atoms with Gasteiger partial charge in [-0.2, -0.15) is 0 Å². The summed E-state index contributed by atoms with van der Waals surface area (Å²) < 4.78 is 42.2. The molecule has 0 aliphatic carbocycles. The Kier molecular flexibility index (Phi) is 5.75. The van der Waals surface area contributed by atoms with Gasteiger partial charge in [-0.1, -0.05) is 13.8 Å². The van der Waals surface area contributed by atoms with E-state index in [1.807, 2.05) is 0 Å². The molecule has 0 bridgehead atoms. The Labute approximate surface area is 113 Å². The number of sulfone groups is 1. The number of rotatable bonds is 7. The van der Waals surface area contributed by atoms with Gasteiger partial charge < -0.3 is 10.5 Å². The van der Waals surface area contributed by atoms with Crippen LogP contribution in [0.4, 0.5) is 10.1 Å². The van der Waals surface area contributed by atoms with Gasteiger partial charge in [0, 0.05) is 12.3 Å². The monoisotopic (exact) mass is 289 g/mol. The summed E-state index contributed by atoms with van der Waals surface area (Å²) in [4.78, 5) is -0.0996. The lowest BCUT2D eigenvalue weighted by Gasteiger charge is -2.08. The van der Waals surface area contributed by atoms with E-state index in [1.165, 1.54) is 6.07 Å². The minimum Gasteiger partial charge on any atom is -0.399 e. The third-order valence-corrected chi connectivity index (χ3v) is 4.25. The Morgan fingerprint density at radius 3 is 2.53 bits per heavy atom. The van der Waals surface area contributed by atoms with Crippen LogP contribution >= 0.6 is 0 Å². The third-order valence-electron chi connectivity index (χ3n) is 2.59. The second-order valence-corrected chi connectivity index (χ2v) is 6.94. The topological polar surface area (TPSA) is 69.4 Å². The van der Waals surface area contributed by atoms with Gasteiger partial charge in [0.2, 0.25) is 0 Å². The predicted octanol–water partition coefficient (Wildman–Crippen LogP) is 2.24. The molecule has 19 heavy (non-hydrogen) atoms. The van der Waals surface area contributed by atoms with E-state index in [-0.39, 0.29) is 22.9 Å². The van der Waals surface area contributed by atoms with Crippen molar-refractivity contribution < 1.29 is 17.5 Å². The van der Waals surface area contributed by atoms with Crippen molar-refractivity contribution in [3.8, 4) is 0 Å². The fourth-order valence-corrected chi connectivity index (χ4v) is 2.65. The molecule has 0 atom stereocenters. The minimum absolute atomic E-state index is 0.0966. The average Bonchev–Trinajstić information content (AvgIpc) is 2.26. The summed E-state index contributed by atoms with van der Waals surface area (Å²) in [6, 6.07) is 3.31. The van der Waals surface area contributed by atoms with Crippen LogP contribution < -0.4 is 5.73 Å². The fourth-order valence-electron chi connectivity index (χ4n) is 1.47. The smallest absolute Gasteiger partial charge is 0.180 e. The highest BCUT2D eigenvalue weighted by Gasteiger charge is 2.16. The van der Waals surface area contributed by atoms with E-state index in [2.05, 4.69) is 13.8 Å². The third kappa shape index (κ3) is 5.57. The van der Waals surface area contributed by atoms with Crippen molar-refractivity contribution in [2.75, 3.05) is 24.7 Å². The second-order valence-electron chi connectivity index (χ2n) is 4.83. The maximum absolute atomic E-state index is 13.1. The molecular weight excluding hydrogens is 269 g/mol. The lowest BCUT2D eigenvalue weighted by atomic mass is 10.1. The lowest BCUT2D eigenvalue weighted by Crippen LogP contribution is -2.14. The number of halogens is 1. The summed E-state index contributed by atoms with van der Waals surface area (Å²) in [7, 11) is -3.55. The van der Waals surface area contributed by atoms with Gasteiger partial charge in [-0.05, 0) is 30.5 Å². The van der Waals surface area contributed by atoms with E-state index in [0.717, 1.165) is 18.6 Å². The van der Waals surface area contributed by atoms with Crippen molar-refractivity contribution in [1.29, 1.82) is 0 Å². The van der Waals surface area contributed by atoms with Crippen molar-refractivity contribution in [2.24, 2.45) is 5.92 Å². The molecule has 0 aliphatic rings. The highest BCUT2D eigenvalue weighted by Crippen LogP contribution is 2.17. The molecular formula is C13H20FNO3S. The van der Waals surface area contributed by atoms with Crippen molar-refractivity contribution >= 4 is 15.5 Å². The van der Waals surface area contributed by atoms with Crippen molar-refractivity contribution in [3.63, 3.8) is 0 Å². The number of nitrogens with two attached hydrogens (primary N) is 1. The highest BCUT2D eigenvalue weighted by atomic mass is 32.2. The van der Waals surface area contributed by atoms with Gasteiger partial charge >= 0.3 is 0 Å². The minimum atomic E-state index is -3.55. The van der Waals surface area contributed by atoms with E-state index in [9.17, 15) is 12.8 Å². The first-order valence-corrected chi connectivity index (χ1v) is 7.83. The number of nitrogen functional groups attached to an aromatic ring is 1. The Hall–Kier alpha value is -1.14. The van der Waals surface area contributed by atoms with Gasteiger partial charge in [0.25, 0.3) is 0 Å². The van der Waals surface area contributed by atoms with Crippen LogP contribution in [0.5, 0.6) is 0 Å². The first kappa shape index (κ1) is 15.9. The molecule has 0 saturated carbocycles. The molecule has 108 valence electrons. The first-order valence-electron chi connectivity index (χ1n) is 6.18. The molecule has 4 nitrogen and oxygen atoms in total. The highest BCUT2D eigenvalue weighted by molar-refractivity contribution is 7.91. The normalized spacial score (nSPS) is 12.0. The summed E-state index contributed by atoms with van der Waals surface area (Å²) in [5, 5.41) is 0. The van der Waals surface area contributed by atoms with Crippen molar-refractivity contribution in [2.45, 2.75) is 25.2 Å². The van der Waals surface area contributed by atoms with Crippen LogP contribution in [0.15, 0.2) is 23.1 Å². The van der Waals surface area contributed by atoms with Gasteiger partial charge in [-0.25, -0.2) is 12.8 Å². The predicted molar refractivity (Wildman–Crippen MR) is 73.1 cm³/mol. The van der Waals surface area contributed by atoms with E-state index in [4.69, 9.17) is 10.5 Å². The number of anilines is 1. The van der Waals surface area contributed by atoms with E-state index in [1.54, 1.807) is 0 Å². The molecule has 1 aromatic rings. The zero-order valence-corrected chi connectivity index (χ0v) is 12.0. The molecule has 0 unspecified atom stereocenters. The fraction of sp³-hybridized carbons (Fsp3) is 0.538. The zero-order valence-electron chi connectivity index (χ0n) is 11.2. The molecule has 2 N–H and O–H groups in total. The Morgan fingerprint density at radius 2 is 1.95 bits per heavy atom. The van der Waals surface area contributed by atoms with Crippen LogP contribution in [-0.4, -0.2) is 27.4 Å². The van der Waals surface area contributed by atoms with Crippen molar-refractivity contribution in [1.82, 2.24) is 0 Å². The van der Waals surface area contributed by atoms with Gasteiger partial charge in [-0.15, -0.1) is 0 Å².